The van der Waals surface area contributed by atoms with Gasteiger partial charge in [0.1, 0.15) is 5.76 Å². The molecule has 0 saturated carbocycles. The number of benzene rings is 2. The van der Waals surface area contributed by atoms with Gasteiger partial charge in [0.05, 0.1) is 0 Å². The molecule has 0 atom stereocenters. The van der Waals surface area contributed by atoms with Gasteiger partial charge in [-0.2, -0.15) is 0 Å². The summed E-state index contributed by atoms with van der Waals surface area (Å²) in [6, 6.07) is 15.4. The van der Waals surface area contributed by atoms with Crippen LogP contribution in [-0.4, -0.2) is 41.0 Å². The van der Waals surface area contributed by atoms with E-state index < -0.39 is 0 Å². The molecule has 0 unspecified atom stereocenters. The number of aryl methyl sites for hydroxylation is 1. The topological polar surface area (TPSA) is 75.4 Å². The van der Waals surface area contributed by atoms with Crippen LogP contribution in [-0.2, 0) is 0 Å². The first kappa shape index (κ1) is 17.3. The van der Waals surface area contributed by atoms with Crippen LogP contribution in [0.15, 0.2) is 53.1 Å². The summed E-state index contributed by atoms with van der Waals surface area (Å²) in [4.78, 5) is 27.0. The maximum atomic E-state index is 13.0. The number of hydrogen-bond donors (Lipinski definition) is 1. The number of likely N-dealkylation sites (tertiary alicyclic amines) is 1. The molecule has 1 aromatic heterocycles. The van der Waals surface area contributed by atoms with Crippen molar-refractivity contribution in [3.63, 3.8) is 0 Å². The summed E-state index contributed by atoms with van der Waals surface area (Å²) >= 11 is 0. The fraction of sp³-hybridized carbons (Fsp3) is 0.286. The van der Waals surface area contributed by atoms with Gasteiger partial charge in [-0.3, -0.25) is 9.59 Å². The van der Waals surface area contributed by atoms with E-state index in [0.717, 1.165) is 29.2 Å². The van der Waals surface area contributed by atoms with Crippen LogP contribution in [0, 0.1) is 6.92 Å². The Hall–Kier alpha value is -3.15. The monoisotopic (exact) mass is 363 g/mol. The summed E-state index contributed by atoms with van der Waals surface area (Å²) in [7, 11) is 0. The lowest BCUT2D eigenvalue weighted by molar-refractivity contribution is 0.0699. The Kier molecular flexibility index (Phi) is 4.62. The van der Waals surface area contributed by atoms with Crippen molar-refractivity contribution in [2.24, 2.45) is 0 Å². The first-order valence-corrected chi connectivity index (χ1v) is 9.13. The lowest BCUT2D eigenvalue weighted by atomic mass is 10.0. The summed E-state index contributed by atoms with van der Waals surface area (Å²) in [5.74, 6) is 0.421. The van der Waals surface area contributed by atoms with Crippen LogP contribution in [0.2, 0.25) is 0 Å². The van der Waals surface area contributed by atoms with Gasteiger partial charge in [-0.05, 0) is 36.6 Å². The highest BCUT2D eigenvalue weighted by molar-refractivity contribution is 6.07. The average Bonchev–Trinajstić information content (AvgIpc) is 3.14. The van der Waals surface area contributed by atoms with Gasteiger partial charge in [0, 0.05) is 30.8 Å². The van der Waals surface area contributed by atoms with Crippen LogP contribution in [0.1, 0.15) is 39.4 Å². The number of nitrogens with zero attached hydrogens (tertiary/aromatic N) is 2. The number of carbonyl (C=O) groups excluding carboxylic acids is 2. The first-order valence-electron chi connectivity index (χ1n) is 9.13. The highest BCUT2D eigenvalue weighted by Crippen LogP contribution is 2.22. The van der Waals surface area contributed by atoms with Gasteiger partial charge < -0.3 is 14.7 Å². The molecule has 2 heterocycles. The van der Waals surface area contributed by atoms with Crippen molar-refractivity contribution in [2.45, 2.75) is 25.8 Å². The van der Waals surface area contributed by atoms with Crippen molar-refractivity contribution in [3.05, 3.63) is 65.5 Å². The molecule has 6 heteroatoms. The fourth-order valence-electron chi connectivity index (χ4n) is 3.54. The van der Waals surface area contributed by atoms with Crippen LogP contribution in [0.4, 0.5) is 0 Å². The molecule has 3 aromatic rings. The van der Waals surface area contributed by atoms with Crippen LogP contribution in [0.5, 0.6) is 0 Å². The molecule has 1 aliphatic heterocycles. The van der Waals surface area contributed by atoms with Gasteiger partial charge in [0.25, 0.3) is 11.8 Å². The third kappa shape index (κ3) is 3.56. The summed E-state index contributed by atoms with van der Waals surface area (Å²) in [5, 5.41) is 8.76. The predicted octanol–water partition coefficient (Wildman–Crippen LogP) is 3.17. The van der Waals surface area contributed by atoms with Crippen LogP contribution < -0.4 is 5.32 Å². The second-order valence-corrected chi connectivity index (χ2v) is 6.89. The molecule has 6 nitrogen and oxygen atoms in total. The molecule has 1 aliphatic rings. The van der Waals surface area contributed by atoms with E-state index in [1.54, 1.807) is 13.0 Å². The lowest BCUT2D eigenvalue weighted by Crippen LogP contribution is -2.46. The molecule has 1 N–H and O–H groups in total. The third-order valence-electron chi connectivity index (χ3n) is 5.00. The molecule has 1 fully saturated rings. The molecule has 0 bridgehead atoms. The van der Waals surface area contributed by atoms with Gasteiger partial charge in [-0.15, -0.1) is 0 Å². The Morgan fingerprint density at radius 3 is 2.59 bits per heavy atom. The standard InChI is InChI=1S/C21H21N3O3/c1-14-13-19(23-27-14)20(25)22-16-9-11-24(12-10-16)21(26)18-8-4-6-15-5-2-3-7-17(15)18/h2-8,13,16H,9-12H2,1H3,(H,22,25). The summed E-state index contributed by atoms with van der Waals surface area (Å²) in [6.07, 6.45) is 1.44. The van der Waals surface area contributed by atoms with Crippen molar-refractivity contribution < 1.29 is 14.1 Å². The predicted molar refractivity (Wildman–Crippen MR) is 102 cm³/mol. The number of hydrogen-bond acceptors (Lipinski definition) is 4. The maximum Gasteiger partial charge on any atom is 0.273 e. The van der Waals surface area contributed by atoms with Gasteiger partial charge in [-0.25, -0.2) is 0 Å². The Morgan fingerprint density at radius 2 is 1.85 bits per heavy atom. The minimum atomic E-state index is -0.231. The smallest absolute Gasteiger partial charge is 0.273 e. The highest BCUT2D eigenvalue weighted by atomic mass is 16.5. The van der Waals surface area contributed by atoms with E-state index in [1.807, 2.05) is 47.4 Å². The van der Waals surface area contributed by atoms with Gasteiger partial charge in [-0.1, -0.05) is 41.6 Å². The molecule has 27 heavy (non-hydrogen) atoms. The van der Waals surface area contributed by atoms with Crippen LogP contribution >= 0.6 is 0 Å². The van der Waals surface area contributed by atoms with Gasteiger partial charge in [0.2, 0.25) is 0 Å². The number of piperidine rings is 1. The number of aromatic nitrogens is 1. The molecule has 2 aromatic carbocycles. The maximum absolute atomic E-state index is 13.0. The number of carbonyl (C=O) groups is 2. The summed E-state index contributed by atoms with van der Waals surface area (Å²) in [5.41, 5.74) is 1.02. The molecule has 1 saturated heterocycles. The van der Waals surface area contributed by atoms with Crippen LogP contribution in [0.3, 0.4) is 0 Å². The molecule has 4 rings (SSSR count). The SMILES string of the molecule is Cc1cc(C(=O)NC2CCN(C(=O)c3cccc4ccccc34)CC2)no1. The molecular weight excluding hydrogens is 342 g/mol. The summed E-state index contributed by atoms with van der Waals surface area (Å²) < 4.78 is 4.94. The van der Waals surface area contributed by atoms with Crippen molar-refractivity contribution >= 4 is 22.6 Å². The minimum Gasteiger partial charge on any atom is -0.361 e. The zero-order valence-electron chi connectivity index (χ0n) is 15.1. The van der Waals surface area contributed by atoms with E-state index in [0.29, 0.717) is 24.5 Å². The van der Waals surface area contributed by atoms with E-state index >= 15 is 0 Å². The average molecular weight is 363 g/mol. The Balaban J connectivity index is 1.40. The quantitative estimate of drug-likeness (QED) is 0.775. The van der Waals surface area contributed by atoms with Crippen molar-refractivity contribution in [1.82, 2.24) is 15.4 Å². The second-order valence-electron chi connectivity index (χ2n) is 6.89. The minimum absolute atomic E-state index is 0.0334. The zero-order chi connectivity index (χ0) is 18.8. The third-order valence-corrected chi connectivity index (χ3v) is 5.00. The van der Waals surface area contributed by atoms with E-state index in [2.05, 4.69) is 10.5 Å². The van der Waals surface area contributed by atoms with Crippen molar-refractivity contribution in [1.29, 1.82) is 0 Å². The van der Waals surface area contributed by atoms with Crippen molar-refractivity contribution in [2.75, 3.05) is 13.1 Å². The normalized spacial score (nSPS) is 15.1. The molecule has 0 aliphatic carbocycles. The zero-order valence-corrected chi connectivity index (χ0v) is 15.1. The number of fused-ring (bicyclic) bond motifs is 1. The lowest BCUT2D eigenvalue weighted by Gasteiger charge is -2.32. The second kappa shape index (κ2) is 7.23. The molecule has 0 spiro atoms. The number of nitrogens with one attached hydrogen (secondary N) is 1. The van der Waals surface area contributed by atoms with E-state index in [9.17, 15) is 9.59 Å². The van der Waals surface area contributed by atoms with Crippen molar-refractivity contribution in [3.8, 4) is 0 Å². The first-order chi connectivity index (χ1) is 13.1. The Bertz CT molecular complexity index is 982. The Morgan fingerprint density at radius 1 is 1.11 bits per heavy atom. The summed E-state index contributed by atoms with van der Waals surface area (Å²) in [6.45, 7) is 2.98. The number of amides is 2. The van der Waals surface area contributed by atoms with E-state index in [-0.39, 0.29) is 17.9 Å². The van der Waals surface area contributed by atoms with E-state index in [1.165, 1.54) is 0 Å². The van der Waals surface area contributed by atoms with Gasteiger partial charge in [0.15, 0.2) is 5.69 Å². The molecule has 138 valence electrons. The van der Waals surface area contributed by atoms with Crippen LogP contribution in [0.25, 0.3) is 10.8 Å². The van der Waals surface area contributed by atoms with Gasteiger partial charge >= 0.3 is 0 Å². The largest absolute Gasteiger partial charge is 0.361 e. The Labute approximate surface area is 157 Å². The highest BCUT2D eigenvalue weighted by Gasteiger charge is 2.26. The fourth-order valence-corrected chi connectivity index (χ4v) is 3.54. The molecule has 0 radical (unpaired) electrons. The molecular formula is C21H21N3O3. The number of rotatable bonds is 3. The molecule has 2 amide bonds. The van der Waals surface area contributed by atoms with E-state index in [4.69, 9.17) is 4.52 Å².